The molecule has 1 aliphatic carbocycles. The molecule has 0 saturated heterocycles. The maximum absolute atomic E-state index is 12.5. The van der Waals surface area contributed by atoms with Crippen molar-refractivity contribution in [2.24, 2.45) is 5.92 Å². The summed E-state index contributed by atoms with van der Waals surface area (Å²) in [6.45, 7) is 0. The molecule has 0 heterocycles. The Kier molecular flexibility index (Phi) is 3.46. The van der Waals surface area contributed by atoms with Crippen LogP contribution in [0.15, 0.2) is 48.5 Å². The molecule has 1 aliphatic rings. The van der Waals surface area contributed by atoms with Crippen LogP contribution in [0, 0.1) is 5.92 Å². The van der Waals surface area contributed by atoms with Gasteiger partial charge in [-0.2, -0.15) is 0 Å². The van der Waals surface area contributed by atoms with Gasteiger partial charge in [0.1, 0.15) is 6.29 Å². The number of hydrogen-bond donors (Lipinski definition) is 0. The topological polar surface area (TPSA) is 34.1 Å². The summed E-state index contributed by atoms with van der Waals surface area (Å²) in [5.74, 6) is 0.318. The Morgan fingerprint density at radius 1 is 1.05 bits per heavy atom. The van der Waals surface area contributed by atoms with E-state index in [1.165, 1.54) is 5.56 Å². The second kappa shape index (κ2) is 5.41. The van der Waals surface area contributed by atoms with Gasteiger partial charge in [0, 0.05) is 17.0 Å². The molecule has 0 N–H and O–H groups in total. The minimum absolute atomic E-state index is 0.0620. The molecule has 2 aromatic carbocycles. The molecule has 2 heteroatoms. The molecule has 2 aromatic rings. The Morgan fingerprint density at radius 3 is 2.55 bits per heavy atom. The summed E-state index contributed by atoms with van der Waals surface area (Å²) in [6.07, 6.45) is 3.47. The van der Waals surface area contributed by atoms with Gasteiger partial charge in [0.05, 0.1) is 0 Å². The van der Waals surface area contributed by atoms with Crippen molar-refractivity contribution in [1.29, 1.82) is 0 Å². The van der Waals surface area contributed by atoms with Gasteiger partial charge in [-0.15, -0.1) is 0 Å². The molecule has 1 unspecified atom stereocenters. The van der Waals surface area contributed by atoms with Gasteiger partial charge in [-0.3, -0.25) is 9.59 Å². The Hall–Kier alpha value is -2.22. The van der Waals surface area contributed by atoms with E-state index in [1.807, 2.05) is 48.5 Å². The quantitative estimate of drug-likeness (QED) is 0.795. The SMILES string of the molecule is O=Cc1ccc(CC2CCc3ccccc3C2=O)cc1. The van der Waals surface area contributed by atoms with Crippen molar-refractivity contribution in [2.75, 3.05) is 0 Å². The van der Waals surface area contributed by atoms with E-state index >= 15 is 0 Å². The summed E-state index contributed by atoms with van der Waals surface area (Å²) >= 11 is 0. The van der Waals surface area contributed by atoms with E-state index in [1.54, 1.807) is 0 Å². The fourth-order valence-corrected chi connectivity index (χ4v) is 2.87. The molecule has 0 saturated carbocycles. The Labute approximate surface area is 118 Å². The van der Waals surface area contributed by atoms with Crippen molar-refractivity contribution in [3.63, 3.8) is 0 Å². The summed E-state index contributed by atoms with van der Waals surface area (Å²) in [7, 11) is 0. The van der Waals surface area contributed by atoms with E-state index < -0.39 is 0 Å². The van der Waals surface area contributed by atoms with E-state index in [2.05, 4.69) is 0 Å². The number of carbonyl (C=O) groups excluding carboxylic acids is 2. The van der Waals surface area contributed by atoms with Gasteiger partial charge < -0.3 is 0 Å². The van der Waals surface area contributed by atoms with Crippen LogP contribution in [0.4, 0.5) is 0 Å². The molecule has 0 aromatic heterocycles. The molecule has 0 radical (unpaired) electrons. The number of aryl methyl sites for hydroxylation is 1. The van der Waals surface area contributed by atoms with Crippen LogP contribution in [-0.2, 0) is 12.8 Å². The van der Waals surface area contributed by atoms with Crippen LogP contribution in [0.3, 0.4) is 0 Å². The molecule has 0 bridgehead atoms. The minimum atomic E-state index is 0.0620. The second-order valence-electron chi connectivity index (χ2n) is 5.32. The summed E-state index contributed by atoms with van der Waals surface area (Å²) in [5.41, 5.74) is 3.85. The zero-order valence-electron chi connectivity index (χ0n) is 11.2. The highest BCUT2D eigenvalue weighted by molar-refractivity contribution is 6.00. The zero-order chi connectivity index (χ0) is 13.9. The lowest BCUT2D eigenvalue weighted by molar-refractivity contribution is 0.0901. The third-order valence-corrected chi connectivity index (χ3v) is 4.01. The van der Waals surface area contributed by atoms with Gasteiger partial charge >= 0.3 is 0 Å². The van der Waals surface area contributed by atoms with E-state index in [9.17, 15) is 9.59 Å². The van der Waals surface area contributed by atoms with Crippen LogP contribution in [0.25, 0.3) is 0 Å². The highest BCUT2D eigenvalue weighted by Gasteiger charge is 2.26. The maximum Gasteiger partial charge on any atom is 0.166 e. The van der Waals surface area contributed by atoms with Gasteiger partial charge in [0.2, 0.25) is 0 Å². The first-order valence-electron chi connectivity index (χ1n) is 6.94. The molecule has 0 amide bonds. The largest absolute Gasteiger partial charge is 0.298 e. The zero-order valence-corrected chi connectivity index (χ0v) is 11.2. The van der Waals surface area contributed by atoms with Gasteiger partial charge in [-0.05, 0) is 30.4 Å². The van der Waals surface area contributed by atoms with E-state index in [-0.39, 0.29) is 11.7 Å². The van der Waals surface area contributed by atoms with Crippen LogP contribution in [0.1, 0.15) is 38.3 Å². The molecular formula is C18H16O2. The number of hydrogen-bond acceptors (Lipinski definition) is 2. The summed E-state index contributed by atoms with van der Waals surface area (Å²) in [4.78, 5) is 23.1. The molecular weight excluding hydrogens is 248 g/mol. The Morgan fingerprint density at radius 2 is 1.80 bits per heavy atom. The number of benzene rings is 2. The molecule has 100 valence electrons. The van der Waals surface area contributed by atoms with Crippen LogP contribution in [-0.4, -0.2) is 12.1 Å². The lowest BCUT2D eigenvalue weighted by Gasteiger charge is -2.23. The number of fused-ring (bicyclic) bond motifs is 1. The number of Topliss-reactive ketones (excluding diaryl/α,β-unsaturated/α-hetero) is 1. The smallest absolute Gasteiger partial charge is 0.166 e. The average Bonchev–Trinajstić information content (AvgIpc) is 2.51. The minimum Gasteiger partial charge on any atom is -0.298 e. The lowest BCUT2D eigenvalue weighted by Crippen LogP contribution is -2.24. The predicted octanol–water partition coefficient (Wildman–Crippen LogP) is 3.49. The third kappa shape index (κ3) is 2.42. The van der Waals surface area contributed by atoms with Crippen LogP contribution in [0.5, 0.6) is 0 Å². The summed E-state index contributed by atoms with van der Waals surface area (Å²) in [5, 5.41) is 0. The number of aldehydes is 1. The Balaban J connectivity index is 1.79. The predicted molar refractivity (Wildman–Crippen MR) is 78.1 cm³/mol. The van der Waals surface area contributed by atoms with E-state index in [4.69, 9.17) is 0 Å². The maximum atomic E-state index is 12.5. The standard InChI is InChI=1S/C18H16O2/c19-12-14-7-5-13(6-8-14)11-16-10-9-15-3-1-2-4-17(15)18(16)20/h1-8,12,16H,9-11H2. The van der Waals surface area contributed by atoms with Gasteiger partial charge in [-0.25, -0.2) is 0 Å². The molecule has 20 heavy (non-hydrogen) atoms. The van der Waals surface area contributed by atoms with E-state index in [0.717, 1.165) is 36.7 Å². The average molecular weight is 264 g/mol. The fourth-order valence-electron chi connectivity index (χ4n) is 2.87. The third-order valence-electron chi connectivity index (χ3n) is 4.01. The first-order chi connectivity index (χ1) is 9.78. The van der Waals surface area contributed by atoms with E-state index in [0.29, 0.717) is 5.56 Å². The van der Waals surface area contributed by atoms with Gasteiger partial charge in [-0.1, -0.05) is 48.5 Å². The lowest BCUT2D eigenvalue weighted by atomic mass is 9.80. The first kappa shape index (κ1) is 12.8. The van der Waals surface area contributed by atoms with Crippen LogP contribution >= 0.6 is 0 Å². The second-order valence-corrected chi connectivity index (χ2v) is 5.32. The summed E-state index contributed by atoms with van der Waals surface area (Å²) in [6, 6.07) is 15.4. The summed E-state index contributed by atoms with van der Waals surface area (Å²) < 4.78 is 0. The highest BCUT2D eigenvalue weighted by atomic mass is 16.1. The van der Waals surface area contributed by atoms with Crippen molar-refractivity contribution in [1.82, 2.24) is 0 Å². The van der Waals surface area contributed by atoms with Crippen molar-refractivity contribution >= 4 is 12.1 Å². The molecule has 1 atom stereocenters. The van der Waals surface area contributed by atoms with Gasteiger partial charge in [0.25, 0.3) is 0 Å². The van der Waals surface area contributed by atoms with Crippen LogP contribution < -0.4 is 0 Å². The first-order valence-corrected chi connectivity index (χ1v) is 6.94. The number of carbonyl (C=O) groups is 2. The fraction of sp³-hybridized carbons (Fsp3) is 0.222. The monoisotopic (exact) mass is 264 g/mol. The molecule has 0 spiro atoms. The number of rotatable bonds is 3. The highest BCUT2D eigenvalue weighted by Crippen LogP contribution is 2.27. The van der Waals surface area contributed by atoms with Crippen LogP contribution in [0.2, 0.25) is 0 Å². The Bertz CT molecular complexity index is 641. The normalized spacial score (nSPS) is 17.6. The van der Waals surface area contributed by atoms with Gasteiger partial charge in [0.15, 0.2) is 5.78 Å². The van der Waals surface area contributed by atoms with Crippen molar-refractivity contribution < 1.29 is 9.59 Å². The molecule has 3 rings (SSSR count). The van der Waals surface area contributed by atoms with Crippen molar-refractivity contribution in [2.45, 2.75) is 19.3 Å². The molecule has 2 nitrogen and oxygen atoms in total. The van der Waals surface area contributed by atoms with Crippen molar-refractivity contribution in [3.05, 3.63) is 70.8 Å². The molecule has 0 fully saturated rings. The molecule has 0 aliphatic heterocycles. The van der Waals surface area contributed by atoms with Crippen molar-refractivity contribution in [3.8, 4) is 0 Å². The number of ketones is 1.